The highest BCUT2D eigenvalue weighted by Gasteiger charge is 2.33. The quantitative estimate of drug-likeness (QED) is 0.758. The zero-order valence-electron chi connectivity index (χ0n) is 14.6. The molecule has 3 fully saturated rings. The lowest BCUT2D eigenvalue weighted by Crippen LogP contribution is -2.58. The second-order valence-corrected chi connectivity index (χ2v) is 7.57. The van der Waals surface area contributed by atoms with Gasteiger partial charge in [-0.3, -0.25) is 4.90 Å². The summed E-state index contributed by atoms with van der Waals surface area (Å²) in [4.78, 5) is 7.88. The number of piperidine rings is 2. The average Bonchev–Trinajstić information content (AvgIpc) is 2.56. The highest BCUT2D eigenvalue weighted by atomic mass is 15.2. The first-order valence-electron chi connectivity index (χ1n) is 9.28. The monoisotopic (exact) mass is 309 g/mol. The van der Waals surface area contributed by atoms with Gasteiger partial charge < -0.3 is 20.4 Å². The van der Waals surface area contributed by atoms with Crippen LogP contribution in [0.5, 0.6) is 0 Å². The molecule has 0 aromatic heterocycles. The van der Waals surface area contributed by atoms with Crippen LogP contribution >= 0.6 is 0 Å². The largest absolute Gasteiger partial charge is 0.315 e. The van der Waals surface area contributed by atoms with Crippen LogP contribution in [-0.2, 0) is 0 Å². The molecule has 3 saturated heterocycles. The van der Waals surface area contributed by atoms with Crippen molar-refractivity contribution in [3.05, 3.63) is 0 Å². The molecule has 0 spiro atoms. The summed E-state index contributed by atoms with van der Waals surface area (Å²) < 4.78 is 0. The van der Waals surface area contributed by atoms with E-state index in [-0.39, 0.29) is 0 Å². The Bertz CT molecular complexity index is 323. The first-order valence-corrected chi connectivity index (χ1v) is 9.28. The predicted octanol–water partition coefficient (Wildman–Crippen LogP) is -0.104. The van der Waals surface area contributed by atoms with Crippen LogP contribution in [0.4, 0.5) is 0 Å². The van der Waals surface area contributed by atoms with Crippen LogP contribution in [-0.4, -0.2) is 99.8 Å². The van der Waals surface area contributed by atoms with Crippen molar-refractivity contribution in [2.24, 2.45) is 5.92 Å². The lowest BCUT2D eigenvalue weighted by atomic mass is 9.88. The van der Waals surface area contributed by atoms with Crippen LogP contribution in [0.2, 0.25) is 0 Å². The summed E-state index contributed by atoms with van der Waals surface area (Å²) in [5.41, 5.74) is 0. The third-order valence-electron chi connectivity index (χ3n) is 6.08. The van der Waals surface area contributed by atoms with Crippen molar-refractivity contribution >= 4 is 0 Å². The molecule has 5 heteroatoms. The Labute approximate surface area is 136 Å². The van der Waals surface area contributed by atoms with Crippen molar-refractivity contribution in [3.63, 3.8) is 0 Å². The summed E-state index contributed by atoms with van der Waals surface area (Å²) in [6.07, 6.45) is 4.01. The molecular weight excluding hydrogens is 274 g/mol. The van der Waals surface area contributed by atoms with Gasteiger partial charge in [-0.2, -0.15) is 0 Å². The Morgan fingerprint density at radius 2 is 1.68 bits per heavy atom. The van der Waals surface area contributed by atoms with Gasteiger partial charge >= 0.3 is 0 Å². The molecule has 2 N–H and O–H groups in total. The number of likely N-dealkylation sites (tertiary alicyclic amines) is 1. The van der Waals surface area contributed by atoms with Crippen LogP contribution in [0.3, 0.4) is 0 Å². The molecule has 2 atom stereocenters. The summed E-state index contributed by atoms with van der Waals surface area (Å²) in [5, 5.41) is 7.12. The summed E-state index contributed by atoms with van der Waals surface area (Å²) in [6.45, 7) is 11.0. The van der Waals surface area contributed by atoms with Crippen LogP contribution < -0.4 is 10.6 Å². The molecule has 128 valence electrons. The van der Waals surface area contributed by atoms with Crippen molar-refractivity contribution in [1.29, 1.82) is 0 Å². The van der Waals surface area contributed by atoms with Gasteiger partial charge in [0.05, 0.1) is 0 Å². The van der Waals surface area contributed by atoms with Gasteiger partial charge in [-0.1, -0.05) is 0 Å². The fourth-order valence-electron chi connectivity index (χ4n) is 4.48. The van der Waals surface area contributed by atoms with E-state index in [0.717, 1.165) is 18.0 Å². The van der Waals surface area contributed by atoms with Crippen molar-refractivity contribution in [2.75, 3.05) is 73.0 Å². The molecule has 2 unspecified atom stereocenters. The van der Waals surface area contributed by atoms with E-state index in [1.807, 2.05) is 0 Å². The van der Waals surface area contributed by atoms with E-state index >= 15 is 0 Å². The summed E-state index contributed by atoms with van der Waals surface area (Å²) in [7, 11) is 4.64. The Morgan fingerprint density at radius 3 is 2.41 bits per heavy atom. The normalized spacial score (nSPS) is 33.4. The number of nitrogens with one attached hydrogen (secondary N) is 2. The lowest BCUT2D eigenvalue weighted by molar-refractivity contribution is 0.0475. The van der Waals surface area contributed by atoms with Crippen LogP contribution in [0.25, 0.3) is 0 Å². The number of hydrogen-bond acceptors (Lipinski definition) is 5. The molecule has 0 bridgehead atoms. The van der Waals surface area contributed by atoms with E-state index in [9.17, 15) is 0 Å². The van der Waals surface area contributed by atoms with Gasteiger partial charge in [0.15, 0.2) is 0 Å². The van der Waals surface area contributed by atoms with Crippen LogP contribution in [0.1, 0.15) is 19.3 Å². The molecule has 3 rings (SSSR count). The molecular formula is C17H35N5. The summed E-state index contributed by atoms with van der Waals surface area (Å²) in [6, 6.07) is 1.50. The maximum atomic E-state index is 3.65. The van der Waals surface area contributed by atoms with E-state index in [2.05, 4.69) is 39.4 Å². The fraction of sp³-hybridized carbons (Fsp3) is 1.00. The van der Waals surface area contributed by atoms with Gasteiger partial charge in [0.1, 0.15) is 0 Å². The third kappa shape index (κ3) is 4.20. The Hall–Kier alpha value is -0.200. The van der Waals surface area contributed by atoms with E-state index in [0.29, 0.717) is 0 Å². The lowest BCUT2D eigenvalue weighted by Gasteiger charge is -2.46. The molecule has 0 radical (unpaired) electrons. The van der Waals surface area contributed by atoms with E-state index in [4.69, 9.17) is 0 Å². The summed E-state index contributed by atoms with van der Waals surface area (Å²) in [5.74, 6) is 0.837. The molecule has 3 aliphatic rings. The summed E-state index contributed by atoms with van der Waals surface area (Å²) >= 11 is 0. The third-order valence-corrected chi connectivity index (χ3v) is 6.08. The minimum atomic E-state index is 0.719. The minimum Gasteiger partial charge on any atom is -0.315 e. The Kier molecular flexibility index (Phi) is 6.10. The van der Waals surface area contributed by atoms with Gasteiger partial charge in [-0.25, -0.2) is 0 Å². The van der Waals surface area contributed by atoms with Gasteiger partial charge in [0, 0.05) is 51.4 Å². The predicted molar refractivity (Wildman–Crippen MR) is 92.4 cm³/mol. The van der Waals surface area contributed by atoms with Gasteiger partial charge in [-0.05, 0) is 58.9 Å². The molecule has 22 heavy (non-hydrogen) atoms. The van der Waals surface area contributed by atoms with Gasteiger partial charge in [0.25, 0.3) is 0 Å². The number of piperazine rings is 1. The Balaban J connectivity index is 1.56. The van der Waals surface area contributed by atoms with Crippen molar-refractivity contribution < 1.29 is 0 Å². The number of likely N-dealkylation sites (N-methyl/N-ethyl adjacent to an activating group) is 1. The topological polar surface area (TPSA) is 33.8 Å². The fourth-order valence-corrected chi connectivity index (χ4v) is 4.48. The van der Waals surface area contributed by atoms with Gasteiger partial charge in [-0.15, -0.1) is 0 Å². The first-order chi connectivity index (χ1) is 10.7. The Morgan fingerprint density at radius 1 is 0.955 bits per heavy atom. The van der Waals surface area contributed by atoms with Crippen LogP contribution in [0.15, 0.2) is 0 Å². The van der Waals surface area contributed by atoms with Crippen molar-refractivity contribution in [2.45, 2.75) is 31.3 Å². The van der Waals surface area contributed by atoms with Crippen LogP contribution in [0, 0.1) is 5.92 Å². The second-order valence-electron chi connectivity index (χ2n) is 7.57. The maximum Gasteiger partial charge on any atom is 0.0261 e. The zero-order chi connectivity index (χ0) is 15.4. The van der Waals surface area contributed by atoms with E-state index < -0.39 is 0 Å². The SMILES string of the molecule is CN1CCC(N(C)C2CNCCC2CN2CCNCC2)CC1. The molecule has 3 aliphatic heterocycles. The van der Waals surface area contributed by atoms with E-state index in [1.54, 1.807) is 0 Å². The first kappa shape index (κ1) is 16.7. The molecule has 0 aromatic rings. The average molecular weight is 310 g/mol. The molecule has 5 nitrogen and oxygen atoms in total. The maximum absolute atomic E-state index is 3.65. The number of hydrogen-bond donors (Lipinski definition) is 2. The van der Waals surface area contributed by atoms with Crippen molar-refractivity contribution in [1.82, 2.24) is 25.3 Å². The minimum absolute atomic E-state index is 0.719. The molecule has 0 aliphatic carbocycles. The van der Waals surface area contributed by atoms with Gasteiger partial charge in [0.2, 0.25) is 0 Å². The van der Waals surface area contributed by atoms with E-state index in [1.165, 1.54) is 78.2 Å². The standard InChI is InChI=1S/C17H35N5/c1-20-9-4-16(5-10-20)21(2)17-13-19-6-3-15(17)14-22-11-7-18-8-12-22/h15-19H,3-14H2,1-2H3. The zero-order valence-corrected chi connectivity index (χ0v) is 14.6. The highest BCUT2D eigenvalue weighted by molar-refractivity contribution is 4.91. The highest BCUT2D eigenvalue weighted by Crippen LogP contribution is 2.24. The smallest absolute Gasteiger partial charge is 0.0261 e. The van der Waals surface area contributed by atoms with Crippen molar-refractivity contribution in [3.8, 4) is 0 Å². The molecule has 0 amide bonds. The second kappa shape index (κ2) is 8.06. The molecule has 3 heterocycles. The number of nitrogens with zero attached hydrogens (tertiary/aromatic N) is 3. The number of rotatable bonds is 4. The molecule has 0 aromatic carbocycles. The molecule has 0 saturated carbocycles.